The minimum atomic E-state index is -3.23. The van der Waals surface area contributed by atoms with E-state index in [2.05, 4.69) is 0 Å². The maximum Gasteiger partial charge on any atom is 0.254 e. The number of carbonyl (C=O) groups is 1. The Kier molecular flexibility index (Phi) is 6.49. The van der Waals surface area contributed by atoms with Gasteiger partial charge in [-0.3, -0.25) is 4.79 Å². The molecule has 1 saturated heterocycles. The molecule has 0 spiro atoms. The fourth-order valence-corrected chi connectivity index (χ4v) is 5.31. The number of halogens is 2. The van der Waals surface area contributed by atoms with E-state index in [1.54, 1.807) is 30.3 Å². The average molecular weight is 440 g/mol. The molecule has 1 amide bonds. The summed E-state index contributed by atoms with van der Waals surface area (Å²) < 4.78 is 43.9. The smallest absolute Gasteiger partial charge is 0.254 e. The van der Waals surface area contributed by atoms with Gasteiger partial charge in [0.25, 0.3) is 5.91 Å². The van der Waals surface area contributed by atoms with Crippen molar-refractivity contribution in [1.29, 1.82) is 0 Å². The molecule has 2 aromatic carbocycles. The molecule has 8 heteroatoms. The summed E-state index contributed by atoms with van der Waals surface area (Å²) >= 11 is 6.14. The Labute approximate surface area is 175 Å². The number of hydrogen-bond donors (Lipinski definition) is 0. The van der Waals surface area contributed by atoms with Crippen molar-refractivity contribution < 1.29 is 22.3 Å². The van der Waals surface area contributed by atoms with Gasteiger partial charge in [-0.1, -0.05) is 17.7 Å². The molecule has 0 bridgehead atoms. The molecular weight excluding hydrogens is 417 g/mol. The molecule has 1 atom stereocenters. The van der Waals surface area contributed by atoms with E-state index in [4.69, 9.17) is 16.3 Å². The first-order valence-corrected chi connectivity index (χ1v) is 11.6. The molecule has 1 fully saturated rings. The van der Waals surface area contributed by atoms with Crippen molar-refractivity contribution in [1.82, 2.24) is 4.90 Å². The van der Waals surface area contributed by atoms with Crippen molar-refractivity contribution >= 4 is 27.3 Å². The SMILES string of the molecule is CC(C)Oc1ccc(C(=O)N(Cc2c(F)cccc2Cl)[C@@H]2CCS(=O)(=O)C2)cc1. The van der Waals surface area contributed by atoms with Gasteiger partial charge in [-0.2, -0.15) is 0 Å². The van der Waals surface area contributed by atoms with Crippen LogP contribution in [-0.4, -0.2) is 42.9 Å². The van der Waals surface area contributed by atoms with Crippen LogP contribution in [-0.2, 0) is 16.4 Å². The lowest BCUT2D eigenvalue weighted by atomic mass is 10.1. The molecule has 29 heavy (non-hydrogen) atoms. The van der Waals surface area contributed by atoms with Crippen molar-refractivity contribution in [3.05, 3.63) is 64.4 Å². The zero-order chi connectivity index (χ0) is 21.2. The van der Waals surface area contributed by atoms with Crippen LogP contribution < -0.4 is 4.74 Å². The van der Waals surface area contributed by atoms with E-state index >= 15 is 0 Å². The predicted molar refractivity (Wildman–Crippen MR) is 111 cm³/mol. The van der Waals surface area contributed by atoms with E-state index in [-0.39, 0.29) is 40.6 Å². The van der Waals surface area contributed by atoms with Crippen molar-refractivity contribution in [2.75, 3.05) is 11.5 Å². The molecule has 0 aromatic heterocycles. The highest BCUT2D eigenvalue weighted by Crippen LogP contribution is 2.27. The first kappa shape index (κ1) is 21.6. The molecule has 3 rings (SSSR count). The molecule has 0 unspecified atom stereocenters. The first-order valence-electron chi connectivity index (χ1n) is 9.37. The Bertz CT molecular complexity index is 972. The van der Waals surface area contributed by atoms with E-state index < -0.39 is 21.7 Å². The number of rotatable bonds is 6. The highest BCUT2D eigenvalue weighted by molar-refractivity contribution is 7.91. The number of amides is 1. The molecule has 156 valence electrons. The summed E-state index contributed by atoms with van der Waals surface area (Å²) in [6.45, 7) is 3.70. The lowest BCUT2D eigenvalue weighted by Gasteiger charge is -2.29. The zero-order valence-corrected chi connectivity index (χ0v) is 17.8. The Balaban J connectivity index is 1.91. The second-order valence-electron chi connectivity index (χ2n) is 7.38. The van der Waals surface area contributed by atoms with Crippen molar-refractivity contribution in [2.24, 2.45) is 0 Å². The van der Waals surface area contributed by atoms with Crippen LogP contribution in [0.3, 0.4) is 0 Å². The molecule has 1 heterocycles. The van der Waals surface area contributed by atoms with Crippen LogP contribution in [0.2, 0.25) is 5.02 Å². The molecule has 0 N–H and O–H groups in total. The minimum Gasteiger partial charge on any atom is -0.491 e. The number of ether oxygens (including phenoxy) is 1. The fraction of sp³-hybridized carbons (Fsp3) is 0.381. The second-order valence-corrected chi connectivity index (χ2v) is 10.0. The van der Waals surface area contributed by atoms with Gasteiger partial charge in [-0.15, -0.1) is 0 Å². The highest BCUT2D eigenvalue weighted by atomic mass is 35.5. The Morgan fingerprint density at radius 1 is 1.24 bits per heavy atom. The number of sulfone groups is 1. The largest absolute Gasteiger partial charge is 0.491 e. The topological polar surface area (TPSA) is 63.7 Å². The average Bonchev–Trinajstić information content (AvgIpc) is 3.01. The molecule has 1 aliphatic rings. The zero-order valence-electron chi connectivity index (χ0n) is 16.3. The number of nitrogens with zero attached hydrogens (tertiary/aromatic N) is 1. The van der Waals surface area contributed by atoms with Crippen LogP contribution in [0.25, 0.3) is 0 Å². The Hall–Kier alpha value is -2.12. The molecule has 0 radical (unpaired) electrons. The maximum absolute atomic E-state index is 14.3. The van der Waals surface area contributed by atoms with E-state index in [1.165, 1.54) is 17.0 Å². The Morgan fingerprint density at radius 2 is 1.93 bits per heavy atom. The van der Waals surface area contributed by atoms with Crippen molar-refractivity contribution in [3.63, 3.8) is 0 Å². The molecule has 0 aliphatic carbocycles. The highest BCUT2D eigenvalue weighted by Gasteiger charge is 2.35. The summed E-state index contributed by atoms with van der Waals surface area (Å²) in [5, 5.41) is 0.198. The van der Waals surface area contributed by atoms with E-state index in [0.29, 0.717) is 17.7 Å². The number of hydrogen-bond acceptors (Lipinski definition) is 4. The third-order valence-electron chi connectivity index (χ3n) is 4.77. The van der Waals surface area contributed by atoms with Crippen LogP contribution >= 0.6 is 11.6 Å². The van der Waals surface area contributed by atoms with Gasteiger partial charge >= 0.3 is 0 Å². The van der Waals surface area contributed by atoms with Gasteiger partial charge < -0.3 is 9.64 Å². The molecular formula is C21H23ClFNO4S. The molecule has 0 saturated carbocycles. The minimum absolute atomic E-state index is 0.0000526. The summed E-state index contributed by atoms with van der Waals surface area (Å²) in [6, 6.07) is 10.4. The lowest BCUT2D eigenvalue weighted by molar-refractivity contribution is 0.0679. The summed E-state index contributed by atoms with van der Waals surface area (Å²) in [6.07, 6.45) is 0.314. The molecule has 5 nitrogen and oxygen atoms in total. The second kappa shape index (κ2) is 8.71. The summed E-state index contributed by atoms with van der Waals surface area (Å²) in [5.41, 5.74) is 0.546. The van der Waals surface area contributed by atoms with Gasteiger partial charge in [0.05, 0.1) is 24.2 Å². The first-order chi connectivity index (χ1) is 13.7. The Morgan fingerprint density at radius 3 is 2.48 bits per heavy atom. The molecule has 1 aliphatic heterocycles. The van der Waals surface area contributed by atoms with E-state index in [1.807, 2.05) is 13.8 Å². The van der Waals surface area contributed by atoms with Crippen LogP contribution in [0, 0.1) is 5.82 Å². The molecule has 2 aromatic rings. The fourth-order valence-electron chi connectivity index (χ4n) is 3.36. The monoisotopic (exact) mass is 439 g/mol. The predicted octanol–water partition coefficient (Wildman–Crippen LogP) is 4.10. The van der Waals surface area contributed by atoms with Gasteiger partial charge in [-0.25, -0.2) is 12.8 Å². The third kappa shape index (κ3) is 5.28. The standard InChI is InChI=1S/C21H23ClFNO4S/c1-14(2)28-17-8-6-15(7-9-17)21(25)24(16-10-11-29(26,27)13-16)12-18-19(22)4-3-5-20(18)23/h3-9,14,16H,10-13H2,1-2H3/t16-/m1/s1. The van der Waals surface area contributed by atoms with Gasteiger partial charge in [0.15, 0.2) is 9.84 Å². The maximum atomic E-state index is 14.3. The normalized spacial score (nSPS) is 18.0. The lowest BCUT2D eigenvalue weighted by Crippen LogP contribution is -2.41. The van der Waals surface area contributed by atoms with Crippen LogP contribution in [0.15, 0.2) is 42.5 Å². The number of benzene rings is 2. The van der Waals surface area contributed by atoms with E-state index in [9.17, 15) is 17.6 Å². The van der Waals surface area contributed by atoms with Crippen LogP contribution in [0.4, 0.5) is 4.39 Å². The quantitative estimate of drug-likeness (QED) is 0.679. The van der Waals surface area contributed by atoms with Gasteiger partial charge in [0.1, 0.15) is 11.6 Å². The summed E-state index contributed by atoms with van der Waals surface area (Å²) in [4.78, 5) is 14.6. The van der Waals surface area contributed by atoms with Crippen LogP contribution in [0.1, 0.15) is 36.2 Å². The van der Waals surface area contributed by atoms with Gasteiger partial charge in [-0.05, 0) is 56.7 Å². The van der Waals surface area contributed by atoms with Gasteiger partial charge in [0, 0.05) is 22.2 Å². The van der Waals surface area contributed by atoms with Gasteiger partial charge in [0.2, 0.25) is 0 Å². The van der Waals surface area contributed by atoms with Crippen molar-refractivity contribution in [2.45, 2.75) is 39.0 Å². The van der Waals surface area contributed by atoms with E-state index in [0.717, 1.165) is 0 Å². The van der Waals surface area contributed by atoms with Crippen LogP contribution in [0.5, 0.6) is 5.75 Å². The third-order valence-corrected chi connectivity index (χ3v) is 6.88. The summed E-state index contributed by atoms with van der Waals surface area (Å²) in [5.74, 6) is -0.407. The summed E-state index contributed by atoms with van der Waals surface area (Å²) in [7, 11) is -3.23. The number of carbonyl (C=O) groups excluding carboxylic acids is 1. The van der Waals surface area contributed by atoms with Crippen molar-refractivity contribution in [3.8, 4) is 5.75 Å².